The van der Waals surface area contributed by atoms with Gasteiger partial charge in [-0.3, -0.25) is 15.1 Å². The van der Waals surface area contributed by atoms with E-state index in [4.69, 9.17) is 0 Å². The Balaban J connectivity index is 2.37. The van der Waals surface area contributed by atoms with Gasteiger partial charge in [-0.15, -0.1) is 0 Å². The molecule has 2 atom stereocenters. The first-order valence-electron chi connectivity index (χ1n) is 6.94. The van der Waals surface area contributed by atoms with Crippen molar-refractivity contribution in [2.45, 2.75) is 46.2 Å². The van der Waals surface area contributed by atoms with Gasteiger partial charge in [0.1, 0.15) is 0 Å². The van der Waals surface area contributed by atoms with Crippen molar-refractivity contribution in [1.82, 2.24) is 15.6 Å². The standard InChI is InChI=1S/C15H25N3O/c1-11(2)7-9-17-15(19)13(4)18-12(3)14-6-5-8-16-10-14/h5-6,8,10-13,18H,7,9H2,1-4H3,(H,17,19). The smallest absolute Gasteiger partial charge is 0.236 e. The van der Waals surface area contributed by atoms with Gasteiger partial charge in [-0.05, 0) is 37.8 Å². The van der Waals surface area contributed by atoms with Gasteiger partial charge in [-0.2, -0.15) is 0 Å². The SMILES string of the molecule is CC(C)CCNC(=O)C(C)NC(C)c1cccnc1. The molecule has 4 nitrogen and oxygen atoms in total. The molecule has 0 aromatic carbocycles. The molecule has 0 fully saturated rings. The molecule has 1 aromatic heterocycles. The first kappa shape index (κ1) is 15.6. The Morgan fingerprint density at radius 2 is 2.05 bits per heavy atom. The number of amides is 1. The monoisotopic (exact) mass is 263 g/mol. The zero-order valence-electron chi connectivity index (χ0n) is 12.3. The van der Waals surface area contributed by atoms with Crippen molar-refractivity contribution in [1.29, 1.82) is 0 Å². The van der Waals surface area contributed by atoms with Gasteiger partial charge in [-0.1, -0.05) is 19.9 Å². The summed E-state index contributed by atoms with van der Waals surface area (Å²) in [5.41, 5.74) is 1.09. The van der Waals surface area contributed by atoms with E-state index in [-0.39, 0.29) is 18.0 Å². The predicted molar refractivity (Wildman–Crippen MR) is 77.7 cm³/mol. The number of nitrogens with zero attached hydrogens (tertiary/aromatic N) is 1. The van der Waals surface area contributed by atoms with Crippen LogP contribution in [0, 0.1) is 5.92 Å². The van der Waals surface area contributed by atoms with Gasteiger partial charge < -0.3 is 5.32 Å². The molecule has 0 spiro atoms. The van der Waals surface area contributed by atoms with E-state index in [1.54, 1.807) is 6.20 Å². The molecule has 4 heteroatoms. The molecular weight excluding hydrogens is 238 g/mol. The second kappa shape index (κ2) is 7.89. The number of aromatic nitrogens is 1. The Morgan fingerprint density at radius 1 is 1.32 bits per heavy atom. The van der Waals surface area contributed by atoms with Crippen LogP contribution >= 0.6 is 0 Å². The van der Waals surface area contributed by atoms with Crippen LogP contribution in [0.2, 0.25) is 0 Å². The molecule has 0 aliphatic rings. The molecule has 1 rings (SSSR count). The highest BCUT2D eigenvalue weighted by Gasteiger charge is 2.15. The van der Waals surface area contributed by atoms with Crippen LogP contribution in [0.3, 0.4) is 0 Å². The first-order valence-corrected chi connectivity index (χ1v) is 6.94. The number of hydrogen-bond acceptors (Lipinski definition) is 3. The number of nitrogens with one attached hydrogen (secondary N) is 2. The molecule has 0 radical (unpaired) electrons. The fraction of sp³-hybridized carbons (Fsp3) is 0.600. The Labute approximate surface area is 116 Å². The quantitative estimate of drug-likeness (QED) is 0.793. The van der Waals surface area contributed by atoms with E-state index in [2.05, 4.69) is 29.5 Å². The molecule has 1 heterocycles. The normalized spacial score (nSPS) is 14.2. The average Bonchev–Trinajstić information content (AvgIpc) is 2.39. The lowest BCUT2D eigenvalue weighted by Crippen LogP contribution is -2.43. The lowest BCUT2D eigenvalue weighted by molar-refractivity contribution is -0.122. The minimum Gasteiger partial charge on any atom is -0.355 e. The Bertz CT molecular complexity index is 378. The number of carbonyl (C=O) groups excluding carboxylic acids is 1. The van der Waals surface area contributed by atoms with Crippen molar-refractivity contribution < 1.29 is 4.79 Å². The van der Waals surface area contributed by atoms with E-state index >= 15 is 0 Å². The van der Waals surface area contributed by atoms with E-state index in [9.17, 15) is 4.79 Å². The molecule has 0 saturated carbocycles. The first-order chi connectivity index (χ1) is 9.00. The van der Waals surface area contributed by atoms with Gasteiger partial charge in [-0.25, -0.2) is 0 Å². The van der Waals surface area contributed by atoms with Gasteiger partial charge in [0, 0.05) is 25.0 Å². The maximum atomic E-state index is 11.9. The third kappa shape index (κ3) is 5.83. The summed E-state index contributed by atoms with van der Waals surface area (Å²) in [6.07, 6.45) is 4.58. The van der Waals surface area contributed by atoms with Crippen LogP contribution in [-0.2, 0) is 4.79 Å². The van der Waals surface area contributed by atoms with Crippen LogP contribution in [0.4, 0.5) is 0 Å². The lowest BCUT2D eigenvalue weighted by atomic mass is 10.1. The van der Waals surface area contributed by atoms with Gasteiger partial charge in [0.15, 0.2) is 0 Å². The van der Waals surface area contributed by atoms with Crippen LogP contribution in [0.1, 0.15) is 45.7 Å². The molecule has 0 aliphatic carbocycles. The number of carbonyl (C=O) groups is 1. The van der Waals surface area contributed by atoms with Crippen LogP contribution < -0.4 is 10.6 Å². The van der Waals surface area contributed by atoms with Crippen molar-refractivity contribution in [3.63, 3.8) is 0 Å². The number of pyridine rings is 1. The highest BCUT2D eigenvalue weighted by molar-refractivity contribution is 5.81. The van der Waals surface area contributed by atoms with E-state index in [1.165, 1.54) is 0 Å². The van der Waals surface area contributed by atoms with Crippen molar-refractivity contribution in [2.24, 2.45) is 5.92 Å². The molecule has 1 aromatic rings. The van der Waals surface area contributed by atoms with E-state index < -0.39 is 0 Å². The van der Waals surface area contributed by atoms with Crippen LogP contribution in [0.25, 0.3) is 0 Å². The van der Waals surface area contributed by atoms with Crippen molar-refractivity contribution in [2.75, 3.05) is 6.54 Å². The highest BCUT2D eigenvalue weighted by Crippen LogP contribution is 2.10. The maximum Gasteiger partial charge on any atom is 0.236 e. The second-order valence-electron chi connectivity index (χ2n) is 5.37. The third-order valence-corrected chi connectivity index (χ3v) is 3.10. The third-order valence-electron chi connectivity index (χ3n) is 3.10. The number of hydrogen-bond donors (Lipinski definition) is 2. The average molecular weight is 263 g/mol. The van der Waals surface area contributed by atoms with Crippen molar-refractivity contribution in [3.05, 3.63) is 30.1 Å². The summed E-state index contributed by atoms with van der Waals surface area (Å²) in [4.78, 5) is 16.0. The van der Waals surface area contributed by atoms with E-state index in [0.29, 0.717) is 5.92 Å². The molecule has 0 saturated heterocycles. The van der Waals surface area contributed by atoms with E-state index in [0.717, 1.165) is 18.5 Å². The molecule has 1 amide bonds. The summed E-state index contributed by atoms with van der Waals surface area (Å²) >= 11 is 0. The summed E-state index contributed by atoms with van der Waals surface area (Å²) in [5, 5.41) is 6.24. The Kier molecular flexibility index (Phi) is 6.50. The summed E-state index contributed by atoms with van der Waals surface area (Å²) in [7, 11) is 0. The van der Waals surface area contributed by atoms with Crippen molar-refractivity contribution >= 4 is 5.91 Å². The summed E-state index contributed by atoms with van der Waals surface area (Å²) in [5.74, 6) is 0.661. The molecule has 106 valence electrons. The van der Waals surface area contributed by atoms with Crippen molar-refractivity contribution in [3.8, 4) is 0 Å². The fourth-order valence-electron chi connectivity index (χ4n) is 1.82. The van der Waals surface area contributed by atoms with Crippen LogP contribution in [0.15, 0.2) is 24.5 Å². The molecule has 0 aliphatic heterocycles. The molecular formula is C15H25N3O. The van der Waals surface area contributed by atoms with Crippen LogP contribution in [0.5, 0.6) is 0 Å². The maximum absolute atomic E-state index is 11.9. The van der Waals surface area contributed by atoms with Gasteiger partial charge in [0.25, 0.3) is 0 Å². The van der Waals surface area contributed by atoms with Crippen LogP contribution in [-0.4, -0.2) is 23.5 Å². The predicted octanol–water partition coefficient (Wildman–Crippen LogP) is 2.28. The van der Waals surface area contributed by atoms with Gasteiger partial charge >= 0.3 is 0 Å². The topological polar surface area (TPSA) is 54.0 Å². The summed E-state index contributed by atoms with van der Waals surface area (Å²) < 4.78 is 0. The molecule has 2 unspecified atom stereocenters. The van der Waals surface area contributed by atoms with Gasteiger partial charge in [0.2, 0.25) is 5.91 Å². The molecule has 19 heavy (non-hydrogen) atoms. The summed E-state index contributed by atoms with van der Waals surface area (Å²) in [6, 6.07) is 3.82. The zero-order chi connectivity index (χ0) is 14.3. The Morgan fingerprint density at radius 3 is 2.63 bits per heavy atom. The molecule has 0 bridgehead atoms. The van der Waals surface area contributed by atoms with Gasteiger partial charge in [0.05, 0.1) is 6.04 Å². The largest absolute Gasteiger partial charge is 0.355 e. The fourth-order valence-corrected chi connectivity index (χ4v) is 1.82. The van der Waals surface area contributed by atoms with E-state index in [1.807, 2.05) is 32.2 Å². The Hall–Kier alpha value is -1.42. The zero-order valence-corrected chi connectivity index (χ0v) is 12.3. The minimum absolute atomic E-state index is 0.0522. The number of rotatable bonds is 7. The summed E-state index contributed by atoms with van der Waals surface area (Å²) in [6.45, 7) is 8.97. The molecule has 2 N–H and O–H groups in total. The lowest BCUT2D eigenvalue weighted by Gasteiger charge is -2.20. The minimum atomic E-state index is -0.206. The second-order valence-corrected chi connectivity index (χ2v) is 5.37. The highest BCUT2D eigenvalue weighted by atomic mass is 16.2.